The molecule has 6 heteroatoms. The molecule has 0 aromatic carbocycles. The first-order valence-corrected chi connectivity index (χ1v) is 7.64. The van der Waals surface area contributed by atoms with Crippen LogP contribution in [0.2, 0.25) is 0 Å². The molecule has 110 valence electrons. The number of hydrogen-bond acceptors (Lipinski definition) is 4. The summed E-state index contributed by atoms with van der Waals surface area (Å²) in [4.78, 5) is 23.3. The Bertz CT molecular complexity index is 474. The van der Waals surface area contributed by atoms with Crippen molar-refractivity contribution in [3.8, 4) is 0 Å². The van der Waals surface area contributed by atoms with Gasteiger partial charge in [0.05, 0.1) is 17.9 Å². The quantitative estimate of drug-likeness (QED) is 0.771. The average Bonchev–Trinajstić information content (AvgIpc) is 3.04. The number of carboxylic acids is 1. The molecule has 0 spiro atoms. The van der Waals surface area contributed by atoms with Crippen LogP contribution in [0.5, 0.6) is 0 Å². The molecule has 1 heterocycles. The van der Waals surface area contributed by atoms with Crippen molar-refractivity contribution in [2.45, 2.75) is 25.9 Å². The zero-order valence-corrected chi connectivity index (χ0v) is 12.1. The number of carbonyl (C=O) groups is 2. The van der Waals surface area contributed by atoms with Crippen LogP contribution in [0.15, 0.2) is 16.8 Å². The van der Waals surface area contributed by atoms with E-state index < -0.39 is 23.9 Å². The summed E-state index contributed by atoms with van der Waals surface area (Å²) < 4.78 is 0. The highest BCUT2D eigenvalue weighted by Gasteiger charge is 2.41. The second-order valence-corrected chi connectivity index (χ2v) is 6.23. The predicted molar refractivity (Wildman–Crippen MR) is 75.3 cm³/mol. The summed E-state index contributed by atoms with van der Waals surface area (Å²) in [5.41, 5.74) is 0.768. The molecule has 1 amide bonds. The molecule has 5 nitrogen and oxygen atoms in total. The van der Waals surface area contributed by atoms with Gasteiger partial charge >= 0.3 is 5.97 Å². The Morgan fingerprint density at radius 3 is 2.75 bits per heavy atom. The summed E-state index contributed by atoms with van der Waals surface area (Å²) >= 11 is 1.48. The lowest BCUT2D eigenvalue weighted by molar-refractivity contribution is -0.146. The van der Waals surface area contributed by atoms with E-state index in [0.717, 1.165) is 5.56 Å². The number of nitrogens with one attached hydrogen (secondary N) is 1. The van der Waals surface area contributed by atoms with Crippen LogP contribution >= 0.6 is 11.3 Å². The van der Waals surface area contributed by atoms with Gasteiger partial charge in [-0.3, -0.25) is 9.59 Å². The van der Waals surface area contributed by atoms with Gasteiger partial charge in [-0.05, 0) is 41.1 Å². The van der Waals surface area contributed by atoms with Crippen molar-refractivity contribution in [3.63, 3.8) is 0 Å². The van der Waals surface area contributed by atoms with Crippen LogP contribution in [0.25, 0.3) is 0 Å². The molecule has 1 aromatic heterocycles. The molecule has 2 unspecified atom stereocenters. The molecular formula is C14H19NO4S. The van der Waals surface area contributed by atoms with E-state index in [0.29, 0.717) is 12.8 Å². The largest absolute Gasteiger partial charge is 0.481 e. The van der Waals surface area contributed by atoms with E-state index in [1.54, 1.807) is 6.07 Å². The number of hydrogen-bond donors (Lipinski definition) is 3. The van der Waals surface area contributed by atoms with Crippen LogP contribution in [0.4, 0.5) is 0 Å². The lowest BCUT2D eigenvalue weighted by Crippen LogP contribution is -2.37. The number of aliphatic hydroxyl groups is 1. The summed E-state index contributed by atoms with van der Waals surface area (Å²) in [5.74, 6) is -2.03. The summed E-state index contributed by atoms with van der Waals surface area (Å²) in [6.45, 7) is 2.08. The number of amides is 1. The zero-order chi connectivity index (χ0) is 14.7. The van der Waals surface area contributed by atoms with Crippen molar-refractivity contribution in [2.24, 2.45) is 17.8 Å². The molecule has 0 bridgehead atoms. The lowest BCUT2D eigenvalue weighted by Gasteiger charge is -2.17. The molecule has 2 rings (SSSR count). The highest BCUT2D eigenvalue weighted by Crippen LogP contribution is 2.36. The van der Waals surface area contributed by atoms with Crippen molar-refractivity contribution >= 4 is 23.2 Å². The Morgan fingerprint density at radius 1 is 1.45 bits per heavy atom. The average molecular weight is 297 g/mol. The minimum atomic E-state index is -0.909. The van der Waals surface area contributed by atoms with E-state index in [-0.39, 0.29) is 18.4 Å². The van der Waals surface area contributed by atoms with E-state index >= 15 is 0 Å². The second kappa shape index (κ2) is 6.37. The topological polar surface area (TPSA) is 86.6 Å². The monoisotopic (exact) mass is 297 g/mol. The van der Waals surface area contributed by atoms with Gasteiger partial charge in [0, 0.05) is 6.54 Å². The zero-order valence-electron chi connectivity index (χ0n) is 11.3. The first kappa shape index (κ1) is 15.0. The van der Waals surface area contributed by atoms with Gasteiger partial charge in [-0.25, -0.2) is 0 Å². The highest BCUT2D eigenvalue weighted by molar-refractivity contribution is 7.07. The molecule has 0 radical (unpaired) electrons. The number of rotatable bonds is 5. The molecule has 3 N–H and O–H groups in total. The van der Waals surface area contributed by atoms with Crippen LogP contribution < -0.4 is 5.32 Å². The standard InChI is InChI=1S/C14H19NO4S/c1-8-4-10(11(5-8)14(18)19)13(17)15-6-12(16)9-2-3-20-7-9/h2-3,7-8,10-12,16H,4-6H2,1H3,(H,15,17)(H,18,19)/t8?,10-,11+,12?/m0/s1. The van der Waals surface area contributed by atoms with Gasteiger partial charge in [0.1, 0.15) is 0 Å². The summed E-state index contributed by atoms with van der Waals surface area (Å²) in [6.07, 6.45) is 0.394. The van der Waals surface area contributed by atoms with Crippen LogP contribution in [0.1, 0.15) is 31.4 Å². The fourth-order valence-corrected chi connectivity index (χ4v) is 3.47. The smallest absolute Gasteiger partial charge is 0.307 e. The minimum Gasteiger partial charge on any atom is -0.481 e. The lowest BCUT2D eigenvalue weighted by atomic mass is 9.95. The van der Waals surface area contributed by atoms with Crippen LogP contribution in [-0.2, 0) is 9.59 Å². The minimum absolute atomic E-state index is 0.118. The van der Waals surface area contributed by atoms with Gasteiger partial charge in [0.15, 0.2) is 0 Å². The van der Waals surface area contributed by atoms with Crippen molar-refractivity contribution < 1.29 is 19.8 Å². The maximum absolute atomic E-state index is 12.1. The van der Waals surface area contributed by atoms with Crippen molar-refractivity contribution in [1.82, 2.24) is 5.32 Å². The molecule has 1 aromatic rings. The normalized spacial score (nSPS) is 27.2. The highest BCUT2D eigenvalue weighted by atomic mass is 32.1. The van der Waals surface area contributed by atoms with Crippen molar-refractivity contribution in [1.29, 1.82) is 0 Å². The molecular weight excluding hydrogens is 278 g/mol. The SMILES string of the molecule is CC1C[C@H](C(=O)NCC(O)c2ccsc2)[C@H](C(=O)O)C1. The third-order valence-electron chi connectivity index (χ3n) is 3.85. The summed E-state index contributed by atoms with van der Waals surface area (Å²) in [5, 5.41) is 25.4. The van der Waals surface area contributed by atoms with Crippen LogP contribution in [0, 0.1) is 17.8 Å². The number of carboxylic acid groups (broad SMARTS) is 1. The van der Waals surface area contributed by atoms with Gasteiger partial charge in [0.25, 0.3) is 0 Å². The second-order valence-electron chi connectivity index (χ2n) is 5.45. The first-order valence-electron chi connectivity index (χ1n) is 6.69. The van der Waals surface area contributed by atoms with E-state index in [1.165, 1.54) is 11.3 Å². The Morgan fingerprint density at radius 2 is 2.15 bits per heavy atom. The molecule has 1 aliphatic rings. The number of aliphatic carboxylic acids is 1. The third kappa shape index (κ3) is 3.37. The third-order valence-corrected chi connectivity index (χ3v) is 4.55. The van der Waals surface area contributed by atoms with Gasteiger partial charge < -0.3 is 15.5 Å². The Labute approximate surface area is 121 Å². The Hall–Kier alpha value is -1.40. The van der Waals surface area contributed by atoms with Crippen LogP contribution in [0.3, 0.4) is 0 Å². The van der Waals surface area contributed by atoms with Crippen LogP contribution in [-0.4, -0.2) is 28.6 Å². The molecule has 1 fully saturated rings. The molecule has 0 aliphatic heterocycles. The summed E-state index contributed by atoms with van der Waals surface area (Å²) in [7, 11) is 0. The molecule has 1 saturated carbocycles. The van der Waals surface area contributed by atoms with Crippen molar-refractivity contribution in [3.05, 3.63) is 22.4 Å². The van der Waals surface area contributed by atoms with Crippen molar-refractivity contribution in [2.75, 3.05) is 6.54 Å². The van der Waals surface area contributed by atoms with Gasteiger partial charge in [0.2, 0.25) is 5.91 Å². The van der Waals surface area contributed by atoms with E-state index in [1.807, 2.05) is 17.7 Å². The molecule has 20 heavy (non-hydrogen) atoms. The number of aliphatic hydroxyl groups excluding tert-OH is 1. The summed E-state index contributed by atoms with van der Waals surface area (Å²) in [6, 6.07) is 1.80. The maximum atomic E-state index is 12.1. The van der Waals surface area contributed by atoms with E-state index in [4.69, 9.17) is 5.11 Å². The predicted octanol–water partition coefficient (Wildman–Crippen LogP) is 1.64. The molecule has 0 saturated heterocycles. The Balaban J connectivity index is 1.89. The van der Waals surface area contributed by atoms with Gasteiger partial charge in [-0.1, -0.05) is 6.92 Å². The maximum Gasteiger partial charge on any atom is 0.307 e. The molecule has 1 aliphatic carbocycles. The fourth-order valence-electron chi connectivity index (χ4n) is 2.77. The molecule has 4 atom stereocenters. The fraction of sp³-hybridized carbons (Fsp3) is 0.571. The van der Waals surface area contributed by atoms with Gasteiger partial charge in [-0.15, -0.1) is 0 Å². The number of thiophene rings is 1. The number of carbonyl (C=O) groups excluding carboxylic acids is 1. The Kier molecular flexibility index (Phi) is 4.77. The van der Waals surface area contributed by atoms with E-state index in [2.05, 4.69) is 5.32 Å². The van der Waals surface area contributed by atoms with E-state index in [9.17, 15) is 14.7 Å². The van der Waals surface area contributed by atoms with Gasteiger partial charge in [-0.2, -0.15) is 11.3 Å². The first-order chi connectivity index (χ1) is 9.49.